The Morgan fingerprint density at radius 3 is 2.62 bits per heavy atom. The monoisotopic (exact) mass is 206 g/mol. The Hall–Kier alpha value is -0.640. The molecule has 0 bridgehead atoms. The molecule has 0 atom stereocenters. The van der Waals surface area contributed by atoms with E-state index in [2.05, 4.69) is 4.74 Å². The van der Waals surface area contributed by atoms with E-state index in [9.17, 15) is 8.42 Å². The van der Waals surface area contributed by atoms with Crippen LogP contribution in [0.15, 0.2) is 0 Å². The highest BCUT2D eigenvalue weighted by atomic mass is 32.2. The highest BCUT2D eigenvalue weighted by Gasteiger charge is 2.16. The summed E-state index contributed by atoms with van der Waals surface area (Å²) < 4.78 is 28.5. The molecule has 13 heavy (non-hydrogen) atoms. The van der Waals surface area contributed by atoms with E-state index in [-0.39, 0.29) is 25.3 Å². The van der Waals surface area contributed by atoms with Crippen LogP contribution in [0, 0.1) is 11.3 Å². The van der Waals surface area contributed by atoms with Crippen LogP contribution in [0.4, 0.5) is 0 Å². The summed E-state index contributed by atoms with van der Waals surface area (Å²) >= 11 is 0. The largest absolute Gasteiger partial charge is 0.384 e. The van der Waals surface area contributed by atoms with Gasteiger partial charge in [0.25, 0.3) is 0 Å². The lowest BCUT2D eigenvalue weighted by molar-refractivity contribution is 0.216. The van der Waals surface area contributed by atoms with E-state index < -0.39 is 10.0 Å². The third kappa shape index (κ3) is 4.83. The Morgan fingerprint density at radius 2 is 2.15 bits per heavy atom. The highest BCUT2D eigenvalue weighted by Crippen LogP contribution is 1.98. The summed E-state index contributed by atoms with van der Waals surface area (Å²) in [5.74, 6) is -0.0363. The molecule has 0 aromatic heterocycles. The summed E-state index contributed by atoms with van der Waals surface area (Å²) in [5, 5.41) is 8.26. The molecule has 0 aliphatic carbocycles. The van der Waals surface area contributed by atoms with Gasteiger partial charge in [-0.1, -0.05) is 0 Å². The summed E-state index contributed by atoms with van der Waals surface area (Å²) in [6.07, 6.45) is 0.211. The summed E-state index contributed by atoms with van der Waals surface area (Å²) in [6.45, 7) is 0.418. The van der Waals surface area contributed by atoms with Crippen molar-refractivity contribution in [2.75, 3.05) is 33.1 Å². The second kappa shape index (κ2) is 5.91. The zero-order chi connectivity index (χ0) is 10.3. The topological polar surface area (TPSA) is 70.4 Å². The Morgan fingerprint density at radius 1 is 1.54 bits per heavy atom. The lowest BCUT2D eigenvalue weighted by atomic mass is 10.5. The third-order valence-corrected chi connectivity index (χ3v) is 3.37. The molecule has 0 unspecified atom stereocenters. The van der Waals surface area contributed by atoms with Crippen LogP contribution in [-0.2, 0) is 14.8 Å². The van der Waals surface area contributed by atoms with Crippen molar-refractivity contribution in [1.82, 2.24) is 4.31 Å². The fourth-order valence-electron chi connectivity index (χ4n) is 0.691. The molecule has 5 nitrogen and oxygen atoms in total. The fourth-order valence-corrected chi connectivity index (χ4v) is 1.75. The minimum atomic E-state index is -3.24. The second-order valence-electron chi connectivity index (χ2n) is 2.54. The van der Waals surface area contributed by atoms with Crippen molar-refractivity contribution in [2.45, 2.75) is 6.42 Å². The van der Waals surface area contributed by atoms with Crippen LogP contribution in [0.3, 0.4) is 0 Å². The SMILES string of the molecule is COCCS(=O)(=O)N(C)CCC#N. The first-order valence-corrected chi connectivity index (χ1v) is 5.45. The molecule has 0 saturated heterocycles. The lowest BCUT2D eigenvalue weighted by Gasteiger charge is -2.14. The summed E-state index contributed by atoms with van der Waals surface area (Å²) in [5.41, 5.74) is 0. The van der Waals surface area contributed by atoms with Gasteiger partial charge in [-0.05, 0) is 0 Å². The van der Waals surface area contributed by atoms with Crippen LogP contribution >= 0.6 is 0 Å². The molecular weight excluding hydrogens is 192 g/mol. The zero-order valence-electron chi connectivity index (χ0n) is 7.86. The van der Waals surface area contributed by atoms with Gasteiger partial charge in [0.05, 0.1) is 18.4 Å². The molecule has 0 radical (unpaired) electrons. The summed E-state index contributed by atoms with van der Waals surface area (Å²) in [7, 11) is -0.328. The average molecular weight is 206 g/mol. The molecular formula is C7H14N2O3S. The molecule has 0 rings (SSSR count). The first-order chi connectivity index (χ1) is 6.04. The van der Waals surface area contributed by atoms with E-state index in [1.807, 2.05) is 6.07 Å². The van der Waals surface area contributed by atoms with Crippen molar-refractivity contribution >= 4 is 10.0 Å². The first kappa shape index (κ1) is 12.4. The van der Waals surface area contributed by atoms with Gasteiger partial charge in [0.2, 0.25) is 10.0 Å². The lowest BCUT2D eigenvalue weighted by Crippen LogP contribution is -2.31. The minimum Gasteiger partial charge on any atom is -0.384 e. The van der Waals surface area contributed by atoms with E-state index in [1.165, 1.54) is 18.5 Å². The van der Waals surface area contributed by atoms with Crippen molar-refractivity contribution in [3.05, 3.63) is 0 Å². The van der Waals surface area contributed by atoms with Gasteiger partial charge in [-0.2, -0.15) is 5.26 Å². The van der Waals surface area contributed by atoms with Gasteiger partial charge in [0.1, 0.15) is 0 Å². The molecule has 0 aromatic rings. The van der Waals surface area contributed by atoms with Gasteiger partial charge in [0.15, 0.2) is 0 Å². The van der Waals surface area contributed by atoms with Crippen molar-refractivity contribution in [3.63, 3.8) is 0 Å². The second-order valence-corrected chi connectivity index (χ2v) is 4.73. The van der Waals surface area contributed by atoms with Crippen molar-refractivity contribution in [3.8, 4) is 6.07 Å². The Labute approximate surface area is 79.0 Å². The van der Waals surface area contributed by atoms with Gasteiger partial charge in [-0.3, -0.25) is 0 Å². The number of sulfonamides is 1. The third-order valence-electron chi connectivity index (χ3n) is 1.56. The highest BCUT2D eigenvalue weighted by molar-refractivity contribution is 7.89. The van der Waals surface area contributed by atoms with E-state index >= 15 is 0 Å². The van der Waals surface area contributed by atoms with Crippen LogP contribution in [0.25, 0.3) is 0 Å². The fraction of sp³-hybridized carbons (Fsp3) is 0.857. The predicted octanol–water partition coefficient (Wildman–Crippen LogP) is -0.192. The van der Waals surface area contributed by atoms with Crippen LogP contribution in [0.1, 0.15) is 6.42 Å². The molecule has 0 fully saturated rings. The van der Waals surface area contributed by atoms with E-state index in [0.29, 0.717) is 0 Å². The van der Waals surface area contributed by atoms with E-state index in [0.717, 1.165) is 0 Å². The number of nitriles is 1. The van der Waals surface area contributed by atoms with Crippen LogP contribution in [0.2, 0.25) is 0 Å². The molecule has 0 aromatic carbocycles. The molecule has 0 aliphatic rings. The van der Waals surface area contributed by atoms with Crippen LogP contribution < -0.4 is 0 Å². The maximum absolute atomic E-state index is 11.3. The number of rotatable bonds is 6. The number of methoxy groups -OCH3 is 1. The Balaban J connectivity index is 4.05. The molecule has 0 saturated carbocycles. The maximum Gasteiger partial charge on any atom is 0.216 e. The van der Waals surface area contributed by atoms with Crippen LogP contribution in [0.5, 0.6) is 0 Å². The molecule has 6 heteroatoms. The van der Waals surface area contributed by atoms with Crippen molar-refractivity contribution < 1.29 is 13.2 Å². The van der Waals surface area contributed by atoms with Gasteiger partial charge < -0.3 is 4.74 Å². The Bertz CT molecular complexity index is 268. The number of hydrogen-bond acceptors (Lipinski definition) is 4. The smallest absolute Gasteiger partial charge is 0.216 e. The van der Waals surface area contributed by atoms with Gasteiger partial charge >= 0.3 is 0 Å². The number of hydrogen-bond donors (Lipinski definition) is 0. The average Bonchev–Trinajstić information content (AvgIpc) is 2.10. The Kier molecular flexibility index (Phi) is 5.62. The van der Waals surface area contributed by atoms with Crippen LogP contribution in [-0.4, -0.2) is 45.8 Å². The van der Waals surface area contributed by atoms with Gasteiger partial charge in [0, 0.05) is 27.1 Å². The first-order valence-electron chi connectivity index (χ1n) is 3.84. The van der Waals surface area contributed by atoms with Crippen molar-refractivity contribution in [2.24, 2.45) is 0 Å². The standard InChI is InChI=1S/C7H14N2O3S/c1-9(5-3-4-8)13(10,11)7-6-12-2/h3,5-7H2,1-2H3. The minimum absolute atomic E-state index is 0.0363. The zero-order valence-corrected chi connectivity index (χ0v) is 8.67. The molecule has 0 spiro atoms. The normalized spacial score (nSPS) is 11.5. The van der Waals surface area contributed by atoms with Crippen molar-refractivity contribution in [1.29, 1.82) is 5.26 Å². The van der Waals surface area contributed by atoms with E-state index in [4.69, 9.17) is 5.26 Å². The molecule has 0 heterocycles. The molecule has 0 N–H and O–H groups in total. The molecule has 76 valence electrons. The summed E-state index contributed by atoms with van der Waals surface area (Å²) in [4.78, 5) is 0. The van der Waals surface area contributed by atoms with E-state index in [1.54, 1.807) is 0 Å². The predicted molar refractivity (Wildman–Crippen MR) is 48.5 cm³/mol. The number of ether oxygens (including phenoxy) is 1. The van der Waals surface area contributed by atoms with Gasteiger partial charge in [-0.15, -0.1) is 0 Å². The quantitative estimate of drug-likeness (QED) is 0.604. The maximum atomic E-state index is 11.3. The molecule has 0 aliphatic heterocycles. The van der Waals surface area contributed by atoms with Gasteiger partial charge in [-0.25, -0.2) is 12.7 Å². The molecule has 0 amide bonds. The number of nitrogens with zero attached hydrogens (tertiary/aromatic N) is 2. The summed E-state index contributed by atoms with van der Waals surface area (Å²) in [6, 6.07) is 1.89.